The number of para-hydroxylation sites is 1. The van der Waals surface area contributed by atoms with Gasteiger partial charge in [0.2, 0.25) is 23.6 Å². The van der Waals surface area contributed by atoms with Crippen LogP contribution in [0.25, 0.3) is 0 Å². The van der Waals surface area contributed by atoms with Gasteiger partial charge in [-0.1, -0.05) is 26.0 Å². The van der Waals surface area contributed by atoms with E-state index in [1.54, 1.807) is 38.1 Å². The Kier molecular flexibility index (Phi) is 12.3. The average Bonchev–Trinajstić information content (AvgIpc) is 2.95. The normalized spacial score (nSPS) is 22.1. The standard InChI is InChI=1S/C28H42N6O7/c1-19(2)25-28(39)30-10-14-41-22-8-5-4-7-20(22)26(37)31-21(17-24(36)33(3)18-23(35)32-25)27(38)29-9-6-11-34-12-15-40-16-13-34/h4-5,7-8,19,21,25H,6,9-18H2,1-3H3,(H,29,38)(H,30,39)(H,31,37)(H,32,35)/t21-,25+/m0/s1. The number of hydrogen-bond acceptors (Lipinski definition) is 8. The number of fused-ring (bicyclic) bond motifs is 1. The van der Waals surface area contributed by atoms with Crippen LogP contribution in [0.1, 0.15) is 37.0 Å². The topological polar surface area (TPSA) is 158 Å². The molecule has 0 bridgehead atoms. The second-order valence-electron chi connectivity index (χ2n) is 10.5. The molecule has 4 N–H and O–H groups in total. The molecule has 2 heterocycles. The number of likely N-dealkylation sites (N-methyl/N-ethyl adjacent to an activating group) is 1. The Morgan fingerprint density at radius 1 is 1.07 bits per heavy atom. The quantitative estimate of drug-likeness (QED) is 0.319. The van der Waals surface area contributed by atoms with Crippen molar-refractivity contribution in [1.82, 2.24) is 31.1 Å². The zero-order valence-electron chi connectivity index (χ0n) is 24.1. The molecule has 2 aliphatic rings. The minimum Gasteiger partial charge on any atom is -0.491 e. The number of carbonyl (C=O) groups is 5. The van der Waals surface area contributed by atoms with Crippen molar-refractivity contribution in [3.05, 3.63) is 29.8 Å². The molecule has 0 saturated carbocycles. The largest absolute Gasteiger partial charge is 0.491 e. The van der Waals surface area contributed by atoms with E-state index >= 15 is 0 Å². The van der Waals surface area contributed by atoms with Crippen molar-refractivity contribution in [2.24, 2.45) is 5.92 Å². The van der Waals surface area contributed by atoms with Crippen LogP contribution in [0.3, 0.4) is 0 Å². The minimum atomic E-state index is -1.18. The molecule has 1 fully saturated rings. The summed E-state index contributed by atoms with van der Waals surface area (Å²) in [5.41, 5.74) is 0.186. The molecule has 0 unspecified atom stereocenters. The SMILES string of the molecule is CC(C)[C@H]1NC(=O)CN(C)C(=O)C[C@@H](C(=O)NCCCN2CCOCC2)NC(=O)c2ccccc2OCCNC1=O. The van der Waals surface area contributed by atoms with Crippen LogP contribution in [0.2, 0.25) is 0 Å². The van der Waals surface area contributed by atoms with Gasteiger partial charge in [0, 0.05) is 26.7 Å². The molecule has 0 aromatic heterocycles. The number of nitrogens with zero attached hydrogens (tertiary/aromatic N) is 2. The van der Waals surface area contributed by atoms with E-state index in [4.69, 9.17) is 9.47 Å². The van der Waals surface area contributed by atoms with E-state index in [0.717, 1.165) is 19.6 Å². The van der Waals surface area contributed by atoms with Crippen LogP contribution in [-0.2, 0) is 23.9 Å². The van der Waals surface area contributed by atoms with E-state index in [1.807, 2.05) is 0 Å². The lowest BCUT2D eigenvalue weighted by atomic mass is 10.0. The molecule has 226 valence electrons. The highest BCUT2D eigenvalue weighted by Crippen LogP contribution is 2.18. The zero-order chi connectivity index (χ0) is 29.8. The van der Waals surface area contributed by atoms with Gasteiger partial charge < -0.3 is 35.6 Å². The molecule has 5 amide bonds. The summed E-state index contributed by atoms with van der Waals surface area (Å²) in [6.07, 6.45) is 0.336. The van der Waals surface area contributed by atoms with Crippen LogP contribution in [-0.4, -0.2) is 118 Å². The number of amides is 5. The van der Waals surface area contributed by atoms with E-state index in [9.17, 15) is 24.0 Å². The fraction of sp³-hybridized carbons (Fsp3) is 0.607. The first-order valence-electron chi connectivity index (χ1n) is 14.1. The van der Waals surface area contributed by atoms with Crippen molar-refractivity contribution >= 4 is 29.5 Å². The van der Waals surface area contributed by atoms with Crippen LogP contribution in [0.4, 0.5) is 0 Å². The number of morpholine rings is 1. The molecule has 1 saturated heterocycles. The van der Waals surface area contributed by atoms with Crippen LogP contribution >= 0.6 is 0 Å². The summed E-state index contributed by atoms with van der Waals surface area (Å²) >= 11 is 0. The summed E-state index contributed by atoms with van der Waals surface area (Å²) in [4.78, 5) is 68.4. The van der Waals surface area contributed by atoms with Crippen molar-refractivity contribution in [3.63, 3.8) is 0 Å². The zero-order valence-corrected chi connectivity index (χ0v) is 24.1. The molecule has 2 atom stereocenters. The molecule has 0 aliphatic carbocycles. The molecule has 41 heavy (non-hydrogen) atoms. The first-order valence-corrected chi connectivity index (χ1v) is 14.1. The third-order valence-electron chi connectivity index (χ3n) is 6.92. The van der Waals surface area contributed by atoms with Gasteiger partial charge in [0.25, 0.3) is 5.91 Å². The predicted octanol–water partition coefficient (Wildman–Crippen LogP) is -0.879. The molecule has 0 radical (unpaired) electrons. The van der Waals surface area contributed by atoms with Crippen LogP contribution in [0, 0.1) is 5.92 Å². The summed E-state index contributed by atoms with van der Waals surface area (Å²) in [6, 6.07) is 4.54. The van der Waals surface area contributed by atoms with Gasteiger partial charge in [-0.3, -0.25) is 28.9 Å². The second-order valence-corrected chi connectivity index (χ2v) is 10.5. The fourth-order valence-corrected chi connectivity index (χ4v) is 4.52. The third kappa shape index (κ3) is 10.0. The van der Waals surface area contributed by atoms with E-state index in [1.165, 1.54) is 11.9 Å². The first-order chi connectivity index (χ1) is 19.7. The number of rotatable bonds is 6. The third-order valence-corrected chi connectivity index (χ3v) is 6.92. The Bertz CT molecular complexity index is 1080. The van der Waals surface area contributed by atoms with Gasteiger partial charge in [-0.25, -0.2) is 0 Å². The molecule has 1 aromatic carbocycles. The van der Waals surface area contributed by atoms with Gasteiger partial charge in [0.05, 0.1) is 38.3 Å². The van der Waals surface area contributed by atoms with Crippen molar-refractivity contribution in [3.8, 4) is 5.75 Å². The van der Waals surface area contributed by atoms with Crippen molar-refractivity contribution in [2.45, 2.75) is 38.8 Å². The summed E-state index contributed by atoms with van der Waals surface area (Å²) in [5.74, 6) is -2.45. The summed E-state index contributed by atoms with van der Waals surface area (Å²) in [6.45, 7) is 7.70. The highest BCUT2D eigenvalue weighted by molar-refractivity contribution is 6.01. The molecule has 3 rings (SSSR count). The minimum absolute atomic E-state index is 0.0725. The first kappa shape index (κ1) is 31.8. The molecule has 13 nitrogen and oxygen atoms in total. The molecule has 2 aliphatic heterocycles. The Morgan fingerprint density at radius 2 is 1.80 bits per heavy atom. The van der Waals surface area contributed by atoms with Gasteiger partial charge in [0.15, 0.2) is 0 Å². The van der Waals surface area contributed by atoms with Crippen molar-refractivity contribution in [2.75, 3.05) is 66.1 Å². The number of ether oxygens (including phenoxy) is 2. The van der Waals surface area contributed by atoms with Gasteiger partial charge >= 0.3 is 0 Å². The monoisotopic (exact) mass is 574 g/mol. The maximum absolute atomic E-state index is 13.3. The molecular formula is C28H42N6O7. The van der Waals surface area contributed by atoms with Crippen molar-refractivity contribution < 1.29 is 33.4 Å². The maximum Gasteiger partial charge on any atom is 0.255 e. The second kappa shape index (κ2) is 15.9. The fourth-order valence-electron chi connectivity index (χ4n) is 4.52. The Morgan fingerprint density at radius 3 is 2.54 bits per heavy atom. The molecule has 1 aromatic rings. The van der Waals surface area contributed by atoms with Crippen molar-refractivity contribution in [1.29, 1.82) is 0 Å². The maximum atomic E-state index is 13.3. The van der Waals surface area contributed by atoms with E-state index in [0.29, 0.717) is 26.2 Å². The van der Waals surface area contributed by atoms with Gasteiger partial charge in [-0.2, -0.15) is 0 Å². The Balaban J connectivity index is 1.75. The molecule has 13 heteroatoms. The number of hydrogen-bond donors (Lipinski definition) is 4. The van der Waals surface area contributed by atoms with Crippen LogP contribution in [0.15, 0.2) is 24.3 Å². The lowest BCUT2D eigenvalue weighted by molar-refractivity contribution is -0.137. The predicted molar refractivity (Wildman–Crippen MR) is 150 cm³/mol. The van der Waals surface area contributed by atoms with Gasteiger partial charge in [0.1, 0.15) is 24.4 Å². The van der Waals surface area contributed by atoms with Crippen LogP contribution < -0.4 is 26.0 Å². The average molecular weight is 575 g/mol. The Labute approximate surface area is 240 Å². The summed E-state index contributed by atoms with van der Waals surface area (Å²) in [7, 11) is 1.43. The van der Waals surface area contributed by atoms with Gasteiger partial charge in [-0.05, 0) is 31.0 Å². The lowest BCUT2D eigenvalue weighted by Gasteiger charge is -2.26. The molecular weight excluding hydrogens is 532 g/mol. The lowest BCUT2D eigenvalue weighted by Crippen LogP contribution is -2.53. The summed E-state index contributed by atoms with van der Waals surface area (Å²) in [5, 5.41) is 10.9. The number of nitrogens with one attached hydrogen (secondary N) is 4. The Hall–Kier alpha value is -3.71. The smallest absolute Gasteiger partial charge is 0.255 e. The van der Waals surface area contributed by atoms with Gasteiger partial charge in [-0.15, -0.1) is 0 Å². The molecule has 0 spiro atoms. The number of carbonyl (C=O) groups excluding carboxylic acids is 5. The van der Waals surface area contributed by atoms with E-state index in [-0.39, 0.29) is 49.3 Å². The summed E-state index contributed by atoms with van der Waals surface area (Å²) < 4.78 is 11.1. The highest BCUT2D eigenvalue weighted by Gasteiger charge is 2.29. The number of benzene rings is 1. The van der Waals surface area contributed by atoms with E-state index in [2.05, 4.69) is 26.2 Å². The van der Waals surface area contributed by atoms with E-state index < -0.39 is 35.7 Å². The highest BCUT2D eigenvalue weighted by atomic mass is 16.5. The van der Waals surface area contributed by atoms with Crippen LogP contribution in [0.5, 0.6) is 5.75 Å².